The summed E-state index contributed by atoms with van der Waals surface area (Å²) in [5.74, 6) is -1.61. The molecular formula is C18H19ClN2O5S. The molecular weight excluding hydrogens is 392 g/mol. The van der Waals surface area contributed by atoms with E-state index >= 15 is 0 Å². The molecule has 0 bridgehead atoms. The molecule has 1 atom stereocenters. The maximum Gasteiger partial charge on any atom is 0.335 e. The summed E-state index contributed by atoms with van der Waals surface area (Å²) >= 11 is 5.86. The Morgan fingerprint density at radius 3 is 2.11 bits per heavy atom. The van der Waals surface area contributed by atoms with Crippen LogP contribution in [0.25, 0.3) is 0 Å². The van der Waals surface area contributed by atoms with Gasteiger partial charge in [0.2, 0.25) is 15.9 Å². The summed E-state index contributed by atoms with van der Waals surface area (Å²) in [5, 5.41) is 12.0. The lowest BCUT2D eigenvalue weighted by Crippen LogP contribution is -2.47. The topological polar surface area (TPSA) is 104 Å². The smallest absolute Gasteiger partial charge is 0.335 e. The summed E-state index contributed by atoms with van der Waals surface area (Å²) < 4.78 is 25.7. The monoisotopic (exact) mass is 410 g/mol. The van der Waals surface area contributed by atoms with Crippen LogP contribution in [-0.4, -0.2) is 37.7 Å². The van der Waals surface area contributed by atoms with E-state index in [9.17, 15) is 18.0 Å². The number of hydrogen-bond acceptors (Lipinski definition) is 4. The van der Waals surface area contributed by atoms with Crippen LogP contribution in [0.15, 0.2) is 48.5 Å². The fourth-order valence-corrected chi connectivity index (χ4v) is 3.91. The van der Waals surface area contributed by atoms with Crippen LogP contribution in [0.3, 0.4) is 0 Å². The molecule has 2 rings (SSSR count). The van der Waals surface area contributed by atoms with Crippen LogP contribution >= 0.6 is 11.6 Å². The summed E-state index contributed by atoms with van der Waals surface area (Å²) in [4.78, 5) is 23.6. The third-order valence-electron chi connectivity index (χ3n) is 3.81. The Labute approximate surface area is 162 Å². The average Bonchev–Trinajstić information content (AvgIpc) is 2.60. The Bertz CT molecular complexity index is 927. The van der Waals surface area contributed by atoms with Crippen LogP contribution in [0.2, 0.25) is 5.02 Å². The lowest BCUT2D eigenvalue weighted by Gasteiger charge is -2.30. The number of rotatable bonds is 7. The molecule has 0 aromatic heterocycles. The number of amides is 1. The van der Waals surface area contributed by atoms with Gasteiger partial charge in [0.15, 0.2) is 0 Å². The van der Waals surface area contributed by atoms with Gasteiger partial charge in [-0.2, -0.15) is 0 Å². The lowest BCUT2D eigenvalue weighted by atomic mass is 10.1. The number of halogens is 1. The number of carboxylic acids is 1. The Morgan fingerprint density at radius 1 is 1.11 bits per heavy atom. The molecule has 0 saturated heterocycles. The van der Waals surface area contributed by atoms with Gasteiger partial charge in [-0.3, -0.25) is 9.10 Å². The molecule has 2 N–H and O–H groups in total. The van der Waals surface area contributed by atoms with Crippen LogP contribution in [-0.2, 0) is 14.8 Å². The molecule has 0 spiro atoms. The van der Waals surface area contributed by atoms with E-state index in [2.05, 4.69) is 5.32 Å². The van der Waals surface area contributed by atoms with E-state index in [-0.39, 0.29) is 12.0 Å². The SMILES string of the molecule is CCC(C(=O)Nc1ccc(C(=O)O)cc1)N(c1ccc(Cl)cc1)S(C)(=O)=O. The van der Waals surface area contributed by atoms with Crippen molar-refractivity contribution in [3.8, 4) is 0 Å². The number of sulfonamides is 1. The van der Waals surface area contributed by atoms with Gasteiger partial charge in [-0.1, -0.05) is 18.5 Å². The Kier molecular flexibility index (Phi) is 6.45. The number of carboxylic acid groups (broad SMARTS) is 1. The fourth-order valence-electron chi connectivity index (χ4n) is 2.57. The largest absolute Gasteiger partial charge is 0.478 e. The molecule has 2 aromatic rings. The third kappa shape index (κ3) is 5.21. The van der Waals surface area contributed by atoms with E-state index < -0.39 is 27.9 Å². The number of nitrogens with one attached hydrogen (secondary N) is 1. The second kappa shape index (κ2) is 8.41. The molecule has 144 valence electrons. The number of benzene rings is 2. The zero-order valence-corrected chi connectivity index (χ0v) is 16.3. The van der Waals surface area contributed by atoms with Crippen molar-refractivity contribution in [3.05, 3.63) is 59.1 Å². The summed E-state index contributed by atoms with van der Waals surface area (Å²) in [5.41, 5.74) is 0.775. The van der Waals surface area contributed by atoms with Gasteiger partial charge in [-0.15, -0.1) is 0 Å². The van der Waals surface area contributed by atoms with Crippen molar-refractivity contribution in [2.45, 2.75) is 19.4 Å². The number of aromatic carboxylic acids is 1. The molecule has 1 unspecified atom stereocenters. The van der Waals surface area contributed by atoms with Crippen molar-refractivity contribution < 1.29 is 23.1 Å². The van der Waals surface area contributed by atoms with E-state index in [0.29, 0.717) is 16.4 Å². The van der Waals surface area contributed by atoms with E-state index in [0.717, 1.165) is 10.6 Å². The van der Waals surface area contributed by atoms with E-state index in [4.69, 9.17) is 16.7 Å². The summed E-state index contributed by atoms with van der Waals surface area (Å²) in [6.45, 7) is 1.70. The fraction of sp³-hybridized carbons (Fsp3) is 0.222. The highest BCUT2D eigenvalue weighted by Crippen LogP contribution is 2.25. The second-order valence-corrected chi connectivity index (χ2v) is 8.13. The minimum absolute atomic E-state index is 0.0824. The van der Waals surface area contributed by atoms with Gasteiger partial charge >= 0.3 is 5.97 Å². The van der Waals surface area contributed by atoms with Gasteiger partial charge in [-0.25, -0.2) is 13.2 Å². The molecule has 9 heteroatoms. The van der Waals surface area contributed by atoms with E-state index in [1.165, 1.54) is 36.4 Å². The van der Waals surface area contributed by atoms with Gasteiger partial charge in [0.05, 0.1) is 17.5 Å². The van der Waals surface area contributed by atoms with Crippen molar-refractivity contribution in [1.82, 2.24) is 0 Å². The molecule has 0 aliphatic heterocycles. The lowest BCUT2D eigenvalue weighted by molar-refractivity contribution is -0.117. The van der Waals surface area contributed by atoms with Crippen LogP contribution < -0.4 is 9.62 Å². The molecule has 0 saturated carbocycles. The van der Waals surface area contributed by atoms with Crippen molar-refractivity contribution in [2.24, 2.45) is 0 Å². The summed E-state index contributed by atoms with van der Waals surface area (Å²) in [6.07, 6.45) is 1.26. The Hall–Kier alpha value is -2.58. The molecule has 27 heavy (non-hydrogen) atoms. The van der Waals surface area contributed by atoms with Crippen LogP contribution in [0.5, 0.6) is 0 Å². The molecule has 2 aromatic carbocycles. The number of hydrogen-bond donors (Lipinski definition) is 2. The average molecular weight is 411 g/mol. The van der Waals surface area contributed by atoms with E-state index in [1.807, 2.05) is 0 Å². The molecule has 0 aliphatic rings. The van der Waals surface area contributed by atoms with Crippen molar-refractivity contribution in [2.75, 3.05) is 15.9 Å². The first-order valence-electron chi connectivity index (χ1n) is 8.02. The molecule has 0 fully saturated rings. The first-order chi connectivity index (χ1) is 12.6. The van der Waals surface area contributed by atoms with Crippen molar-refractivity contribution >= 4 is 44.9 Å². The molecule has 1 amide bonds. The van der Waals surface area contributed by atoms with Gasteiger partial charge in [-0.05, 0) is 55.0 Å². The minimum Gasteiger partial charge on any atom is -0.478 e. The first kappa shape index (κ1) is 20.7. The second-order valence-electron chi connectivity index (χ2n) is 5.83. The van der Waals surface area contributed by atoms with Gasteiger partial charge < -0.3 is 10.4 Å². The molecule has 0 aliphatic carbocycles. The predicted octanol–water partition coefficient (Wildman–Crippen LogP) is 3.22. The normalized spacial score (nSPS) is 12.3. The Balaban J connectivity index is 2.31. The highest BCUT2D eigenvalue weighted by Gasteiger charge is 2.31. The van der Waals surface area contributed by atoms with Crippen molar-refractivity contribution in [1.29, 1.82) is 0 Å². The van der Waals surface area contributed by atoms with Crippen molar-refractivity contribution in [3.63, 3.8) is 0 Å². The first-order valence-corrected chi connectivity index (χ1v) is 10.2. The minimum atomic E-state index is -3.75. The molecule has 0 radical (unpaired) electrons. The van der Waals surface area contributed by atoms with Gasteiger partial charge in [0.25, 0.3) is 0 Å². The quantitative estimate of drug-likeness (QED) is 0.729. The van der Waals surface area contributed by atoms with Crippen LogP contribution in [0, 0.1) is 0 Å². The maximum absolute atomic E-state index is 12.7. The summed E-state index contributed by atoms with van der Waals surface area (Å²) in [6, 6.07) is 10.8. The number of carbonyl (C=O) groups is 2. The Morgan fingerprint density at radius 2 is 1.67 bits per heavy atom. The number of nitrogens with zero attached hydrogens (tertiary/aromatic N) is 1. The summed E-state index contributed by atoms with van der Waals surface area (Å²) in [7, 11) is -3.75. The van der Waals surface area contributed by atoms with Crippen LogP contribution in [0.1, 0.15) is 23.7 Å². The van der Waals surface area contributed by atoms with Gasteiger partial charge in [0.1, 0.15) is 6.04 Å². The van der Waals surface area contributed by atoms with Gasteiger partial charge in [0, 0.05) is 10.7 Å². The predicted molar refractivity (Wildman–Crippen MR) is 105 cm³/mol. The zero-order chi connectivity index (χ0) is 20.2. The number of anilines is 2. The molecule has 7 nitrogen and oxygen atoms in total. The zero-order valence-electron chi connectivity index (χ0n) is 14.7. The highest BCUT2D eigenvalue weighted by molar-refractivity contribution is 7.92. The van der Waals surface area contributed by atoms with Crippen LogP contribution in [0.4, 0.5) is 11.4 Å². The molecule has 0 heterocycles. The third-order valence-corrected chi connectivity index (χ3v) is 5.24. The standard InChI is InChI=1S/C18H19ClN2O5S/c1-3-16(17(22)20-14-8-4-12(5-9-14)18(23)24)21(27(2,25)26)15-10-6-13(19)7-11-15/h4-11,16H,3H2,1-2H3,(H,20,22)(H,23,24). The maximum atomic E-state index is 12.7. The van der Waals surface area contributed by atoms with E-state index in [1.54, 1.807) is 19.1 Å². The highest BCUT2D eigenvalue weighted by atomic mass is 35.5. The number of carbonyl (C=O) groups excluding carboxylic acids is 1.